The number of amides is 1. The molecule has 18 heavy (non-hydrogen) atoms. The molecule has 0 aromatic carbocycles. The Labute approximate surface area is 110 Å². The maximum absolute atomic E-state index is 11.6. The molecule has 0 aromatic heterocycles. The minimum absolute atomic E-state index is 0.0256. The van der Waals surface area contributed by atoms with Crippen molar-refractivity contribution in [1.82, 2.24) is 5.32 Å². The summed E-state index contributed by atoms with van der Waals surface area (Å²) in [6.45, 7) is 2.34. The van der Waals surface area contributed by atoms with E-state index in [1.807, 2.05) is 0 Å². The Morgan fingerprint density at radius 2 is 1.72 bits per heavy atom. The van der Waals surface area contributed by atoms with Crippen molar-refractivity contribution in [3.8, 4) is 0 Å². The zero-order chi connectivity index (χ0) is 12.8. The monoisotopic (exact) mass is 250 g/mol. The standard InChI is InChI=1S/C15H26N2O/c1-2-13(17-14(18)9-16)15-6-10-3-11(7-15)5-12(4-10)8-15/h10-13H,2-9,16H2,1H3,(H,17,18). The van der Waals surface area contributed by atoms with Crippen molar-refractivity contribution in [3.63, 3.8) is 0 Å². The van der Waals surface area contributed by atoms with Gasteiger partial charge in [-0.2, -0.15) is 0 Å². The molecule has 0 radical (unpaired) electrons. The van der Waals surface area contributed by atoms with Crippen molar-refractivity contribution in [2.75, 3.05) is 6.54 Å². The predicted molar refractivity (Wildman–Crippen MR) is 71.9 cm³/mol. The Morgan fingerprint density at radius 1 is 1.22 bits per heavy atom. The topological polar surface area (TPSA) is 55.1 Å². The molecule has 4 rings (SSSR count). The Balaban J connectivity index is 1.78. The van der Waals surface area contributed by atoms with Crippen LogP contribution < -0.4 is 11.1 Å². The molecule has 4 aliphatic carbocycles. The SMILES string of the molecule is CCC(NC(=O)CN)C12CC3CC(CC(C3)C1)C2. The smallest absolute Gasteiger partial charge is 0.233 e. The van der Waals surface area contributed by atoms with Gasteiger partial charge in [-0.3, -0.25) is 4.79 Å². The van der Waals surface area contributed by atoms with Crippen molar-refractivity contribution in [1.29, 1.82) is 0 Å². The molecule has 4 fully saturated rings. The van der Waals surface area contributed by atoms with Crippen molar-refractivity contribution in [2.45, 2.75) is 57.9 Å². The van der Waals surface area contributed by atoms with Crippen LogP contribution in [0.1, 0.15) is 51.9 Å². The van der Waals surface area contributed by atoms with Gasteiger partial charge in [-0.25, -0.2) is 0 Å². The summed E-state index contributed by atoms with van der Waals surface area (Å²) in [6, 6.07) is 0.363. The van der Waals surface area contributed by atoms with Gasteiger partial charge in [-0.05, 0) is 68.1 Å². The van der Waals surface area contributed by atoms with Crippen LogP contribution >= 0.6 is 0 Å². The van der Waals surface area contributed by atoms with E-state index >= 15 is 0 Å². The minimum atomic E-state index is 0.0256. The van der Waals surface area contributed by atoms with Gasteiger partial charge < -0.3 is 11.1 Å². The Morgan fingerprint density at radius 3 is 2.11 bits per heavy atom. The Bertz CT molecular complexity index is 304. The van der Waals surface area contributed by atoms with Gasteiger partial charge in [0.2, 0.25) is 5.91 Å². The molecule has 3 nitrogen and oxygen atoms in total. The third-order valence-electron chi connectivity index (χ3n) is 5.75. The summed E-state index contributed by atoms with van der Waals surface area (Å²) in [7, 11) is 0. The molecule has 102 valence electrons. The van der Waals surface area contributed by atoms with Crippen LogP contribution in [0.2, 0.25) is 0 Å². The van der Waals surface area contributed by atoms with Crippen molar-refractivity contribution < 1.29 is 4.79 Å². The Hall–Kier alpha value is -0.570. The number of carbonyl (C=O) groups is 1. The van der Waals surface area contributed by atoms with E-state index in [2.05, 4.69) is 12.2 Å². The number of rotatable bonds is 4. The largest absolute Gasteiger partial charge is 0.352 e. The van der Waals surface area contributed by atoms with E-state index in [0.29, 0.717) is 11.5 Å². The van der Waals surface area contributed by atoms with E-state index in [1.165, 1.54) is 38.5 Å². The van der Waals surface area contributed by atoms with Gasteiger partial charge >= 0.3 is 0 Å². The zero-order valence-electron chi connectivity index (χ0n) is 11.5. The van der Waals surface area contributed by atoms with Gasteiger partial charge in [-0.15, -0.1) is 0 Å². The fraction of sp³-hybridized carbons (Fsp3) is 0.933. The average Bonchev–Trinajstić information content (AvgIpc) is 2.33. The molecule has 3 N–H and O–H groups in total. The van der Waals surface area contributed by atoms with E-state index in [0.717, 1.165) is 24.2 Å². The summed E-state index contributed by atoms with van der Waals surface area (Å²) in [4.78, 5) is 11.6. The molecule has 3 heteroatoms. The highest BCUT2D eigenvalue weighted by Gasteiger charge is 2.53. The summed E-state index contributed by atoms with van der Waals surface area (Å²) in [5, 5.41) is 3.21. The molecular weight excluding hydrogens is 224 g/mol. The average molecular weight is 250 g/mol. The van der Waals surface area contributed by atoms with Crippen molar-refractivity contribution in [2.24, 2.45) is 28.9 Å². The summed E-state index contributed by atoms with van der Waals surface area (Å²) in [5.41, 5.74) is 5.87. The van der Waals surface area contributed by atoms with Crippen LogP contribution in [-0.2, 0) is 4.79 Å². The van der Waals surface area contributed by atoms with Crippen LogP contribution in [0.25, 0.3) is 0 Å². The lowest BCUT2D eigenvalue weighted by molar-refractivity contribution is -0.125. The molecule has 1 atom stereocenters. The molecule has 4 aliphatic rings. The van der Waals surface area contributed by atoms with Gasteiger partial charge in [0.25, 0.3) is 0 Å². The van der Waals surface area contributed by atoms with E-state index in [4.69, 9.17) is 5.73 Å². The third-order valence-corrected chi connectivity index (χ3v) is 5.75. The third kappa shape index (κ3) is 1.97. The molecular formula is C15H26N2O. The first-order valence-corrected chi connectivity index (χ1v) is 7.64. The van der Waals surface area contributed by atoms with Gasteiger partial charge in [0, 0.05) is 6.04 Å². The van der Waals surface area contributed by atoms with E-state index in [1.54, 1.807) is 0 Å². The molecule has 4 bridgehead atoms. The molecule has 1 unspecified atom stereocenters. The van der Waals surface area contributed by atoms with E-state index in [9.17, 15) is 4.79 Å². The first-order chi connectivity index (χ1) is 8.65. The number of hydrogen-bond acceptors (Lipinski definition) is 2. The molecule has 0 saturated heterocycles. The molecule has 1 amide bonds. The number of nitrogens with one attached hydrogen (secondary N) is 1. The molecule has 0 aromatic rings. The second-order valence-electron chi connectivity index (χ2n) is 7.01. The van der Waals surface area contributed by atoms with Crippen LogP contribution in [0.3, 0.4) is 0 Å². The summed E-state index contributed by atoms with van der Waals surface area (Å²) in [5.74, 6) is 2.86. The van der Waals surface area contributed by atoms with E-state index in [-0.39, 0.29) is 12.5 Å². The summed E-state index contributed by atoms with van der Waals surface area (Å²) < 4.78 is 0. The first kappa shape index (κ1) is 12.5. The van der Waals surface area contributed by atoms with Gasteiger partial charge in [0.15, 0.2) is 0 Å². The van der Waals surface area contributed by atoms with Crippen molar-refractivity contribution in [3.05, 3.63) is 0 Å². The highest BCUT2D eigenvalue weighted by atomic mass is 16.1. The predicted octanol–water partition coefficient (Wildman–Crippen LogP) is 2.06. The lowest BCUT2D eigenvalue weighted by atomic mass is 9.47. The first-order valence-electron chi connectivity index (χ1n) is 7.64. The summed E-state index contributed by atoms with van der Waals surface area (Å²) >= 11 is 0. The lowest BCUT2D eigenvalue weighted by Gasteiger charge is -2.59. The second kappa shape index (κ2) is 4.52. The quantitative estimate of drug-likeness (QED) is 0.802. The molecule has 0 aliphatic heterocycles. The van der Waals surface area contributed by atoms with Crippen LogP contribution in [0.5, 0.6) is 0 Å². The molecule has 0 spiro atoms. The van der Waals surface area contributed by atoms with Crippen LogP contribution in [0.4, 0.5) is 0 Å². The van der Waals surface area contributed by atoms with Gasteiger partial charge in [-0.1, -0.05) is 6.92 Å². The lowest BCUT2D eigenvalue weighted by Crippen LogP contribution is -2.57. The Kier molecular flexibility index (Phi) is 3.13. The van der Waals surface area contributed by atoms with Crippen molar-refractivity contribution >= 4 is 5.91 Å². The highest BCUT2D eigenvalue weighted by Crippen LogP contribution is 2.61. The highest BCUT2D eigenvalue weighted by molar-refractivity contribution is 5.78. The summed E-state index contributed by atoms with van der Waals surface area (Å²) in [6.07, 6.45) is 9.48. The maximum atomic E-state index is 11.6. The van der Waals surface area contributed by atoms with Crippen LogP contribution in [0, 0.1) is 23.2 Å². The number of carbonyl (C=O) groups excluding carboxylic acids is 1. The molecule has 4 saturated carbocycles. The van der Waals surface area contributed by atoms with Gasteiger partial charge in [0.05, 0.1) is 6.54 Å². The van der Waals surface area contributed by atoms with Crippen LogP contribution in [0.15, 0.2) is 0 Å². The maximum Gasteiger partial charge on any atom is 0.233 e. The normalized spacial score (nSPS) is 42.9. The number of hydrogen-bond donors (Lipinski definition) is 2. The van der Waals surface area contributed by atoms with E-state index < -0.39 is 0 Å². The zero-order valence-corrected chi connectivity index (χ0v) is 11.5. The fourth-order valence-electron chi connectivity index (χ4n) is 5.55. The fourth-order valence-corrected chi connectivity index (χ4v) is 5.55. The van der Waals surface area contributed by atoms with Gasteiger partial charge in [0.1, 0.15) is 0 Å². The minimum Gasteiger partial charge on any atom is -0.352 e. The second-order valence-corrected chi connectivity index (χ2v) is 7.01. The number of nitrogens with two attached hydrogens (primary N) is 1. The molecule has 0 heterocycles. The van der Waals surface area contributed by atoms with Crippen LogP contribution in [-0.4, -0.2) is 18.5 Å².